The summed E-state index contributed by atoms with van der Waals surface area (Å²) in [6.07, 6.45) is -2.92. The number of halogens is 3. The predicted molar refractivity (Wildman–Crippen MR) is 110 cm³/mol. The van der Waals surface area contributed by atoms with E-state index in [0.29, 0.717) is 17.3 Å². The highest BCUT2D eigenvalue weighted by molar-refractivity contribution is 5.63. The van der Waals surface area contributed by atoms with E-state index in [1.807, 2.05) is 43.3 Å². The first kappa shape index (κ1) is 20.6. The molecule has 0 bridgehead atoms. The number of anilines is 4. The molecule has 0 saturated carbocycles. The van der Waals surface area contributed by atoms with Crippen LogP contribution in [0.2, 0.25) is 0 Å². The highest BCUT2D eigenvalue weighted by atomic mass is 19.4. The quantitative estimate of drug-likeness (QED) is 0.485. The maximum Gasteiger partial charge on any atom is 0.421 e. The zero-order valence-electron chi connectivity index (χ0n) is 16.5. The lowest BCUT2D eigenvalue weighted by molar-refractivity contribution is -0.137. The van der Waals surface area contributed by atoms with Crippen LogP contribution in [0.3, 0.4) is 0 Å². The Labute approximate surface area is 168 Å². The van der Waals surface area contributed by atoms with Crippen LogP contribution in [0.25, 0.3) is 0 Å². The number of hydrogen-bond acceptors (Lipinski definition) is 4. The summed E-state index contributed by atoms with van der Waals surface area (Å²) in [5.74, 6) is 0.183. The van der Waals surface area contributed by atoms with E-state index < -0.39 is 11.7 Å². The molecule has 1 aromatic heterocycles. The van der Waals surface area contributed by atoms with Crippen molar-refractivity contribution in [1.82, 2.24) is 9.97 Å². The summed E-state index contributed by atoms with van der Waals surface area (Å²) in [5.41, 5.74) is 2.58. The van der Waals surface area contributed by atoms with Gasteiger partial charge in [-0.15, -0.1) is 0 Å². The van der Waals surface area contributed by atoms with Crippen LogP contribution in [-0.2, 0) is 12.6 Å². The first-order valence-electron chi connectivity index (χ1n) is 9.43. The second-order valence-corrected chi connectivity index (χ2v) is 7.03. The monoisotopic (exact) mass is 400 g/mol. The second-order valence-electron chi connectivity index (χ2n) is 7.03. The lowest BCUT2D eigenvalue weighted by Gasteiger charge is -2.15. The number of aromatic nitrogens is 2. The van der Waals surface area contributed by atoms with Gasteiger partial charge in [0.05, 0.1) is 0 Å². The zero-order chi connectivity index (χ0) is 21.0. The molecule has 0 aliphatic carbocycles. The molecule has 29 heavy (non-hydrogen) atoms. The van der Waals surface area contributed by atoms with Gasteiger partial charge in [0.15, 0.2) is 0 Å². The molecule has 0 atom stereocenters. The maximum atomic E-state index is 13.4. The number of nitrogens with one attached hydrogen (secondary N) is 2. The van der Waals surface area contributed by atoms with Crippen LogP contribution in [0.15, 0.2) is 54.7 Å². The van der Waals surface area contributed by atoms with Gasteiger partial charge in [-0.2, -0.15) is 18.2 Å². The first-order valence-corrected chi connectivity index (χ1v) is 9.43. The molecule has 2 N–H and O–H groups in total. The maximum absolute atomic E-state index is 13.4. The van der Waals surface area contributed by atoms with Crippen molar-refractivity contribution in [3.63, 3.8) is 0 Å². The molecular formula is C22H23F3N4. The van der Waals surface area contributed by atoms with E-state index in [1.165, 1.54) is 5.56 Å². The SMILES string of the molecule is CCc1ccc(Nc2nc(Nc3ccc(C(C)C)cc3)ncc2C(F)(F)F)cc1. The van der Waals surface area contributed by atoms with Gasteiger partial charge >= 0.3 is 6.18 Å². The molecule has 0 unspecified atom stereocenters. The van der Waals surface area contributed by atoms with Crippen LogP contribution >= 0.6 is 0 Å². The summed E-state index contributed by atoms with van der Waals surface area (Å²) >= 11 is 0. The molecule has 0 aliphatic heterocycles. The molecule has 0 spiro atoms. The molecule has 3 rings (SSSR count). The first-order chi connectivity index (χ1) is 13.8. The molecule has 0 aliphatic rings. The molecule has 2 aromatic carbocycles. The van der Waals surface area contributed by atoms with Gasteiger partial charge < -0.3 is 10.6 Å². The number of rotatable bonds is 6. The Hall–Kier alpha value is -3.09. The van der Waals surface area contributed by atoms with Crippen LogP contribution in [-0.4, -0.2) is 9.97 Å². The predicted octanol–water partition coefficient (Wildman–Crippen LogP) is 6.67. The minimum absolute atomic E-state index is 0.0861. The smallest absolute Gasteiger partial charge is 0.340 e. The normalized spacial score (nSPS) is 11.6. The van der Waals surface area contributed by atoms with Crippen molar-refractivity contribution in [2.45, 2.75) is 39.3 Å². The molecule has 0 fully saturated rings. The summed E-state index contributed by atoms with van der Waals surface area (Å²) in [4.78, 5) is 7.92. The summed E-state index contributed by atoms with van der Waals surface area (Å²) in [7, 11) is 0. The zero-order valence-corrected chi connectivity index (χ0v) is 16.5. The van der Waals surface area contributed by atoms with Crippen molar-refractivity contribution in [2.24, 2.45) is 0 Å². The van der Waals surface area contributed by atoms with Crippen molar-refractivity contribution in [1.29, 1.82) is 0 Å². The van der Waals surface area contributed by atoms with Crippen LogP contribution in [0.4, 0.5) is 36.3 Å². The Kier molecular flexibility index (Phi) is 6.06. The van der Waals surface area contributed by atoms with E-state index >= 15 is 0 Å². The molecule has 0 amide bonds. The van der Waals surface area contributed by atoms with Gasteiger partial charge in [0, 0.05) is 17.6 Å². The van der Waals surface area contributed by atoms with Crippen molar-refractivity contribution in [3.05, 3.63) is 71.4 Å². The van der Waals surface area contributed by atoms with Gasteiger partial charge in [-0.1, -0.05) is 45.0 Å². The number of nitrogens with zero attached hydrogens (tertiary/aromatic N) is 2. The molecule has 7 heteroatoms. The van der Waals surface area contributed by atoms with Crippen molar-refractivity contribution in [3.8, 4) is 0 Å². The minimum atomic E-state index is -4.57. The third-order valence-electron chi connectivity index (χ3n) is 4.55. The van der Waals surface area contributed by atoms with Gasteiger partial charge in [0.1, 0.15) is 11.4 Å². The number of hydrogen-bond donors (Lipinski definition) is 2. The molecule has 0 radical (unpaired) electrons. The van der Waals surface area contributed by atoms with E-state index in [4.69, 9.17) is 0 Å². The summed E-state index contributed by atoms with van der Waals surface area (Å²) in [6.45, 7) is 6.19. The van der Waals surface area contributed by atoms with Gasteiger partial charge in [0.2, 0.25) is 5.95 Å². The Morgan fingerprint density at radius 1 is 0.897 bits per heavy atom. The Morgan fingerprint density at radius 3 is 2.03 bits per heavy atom. The van der Waals surface area contributed by atoms with Gasteiger partial charge in [-0.3, -0.25) is 0 Å². The lowest BCUT2D eigenvalue weighted by atomic mass is 10.0. The van der Waals surface area contributed by atoms with Crippen LogP contribution in [0, 0.1) is 0 Å². The fraction of sp³-hybridized carbons (Fsp3) is 0.273. The molecule has 152 valence electrons. The van der Waals surface area contributed by atoms with E-state index in [0.717, 1.165) is 18.2 Å². The Bertz CT molecular complexity index is 949. The number of benzene rings is 2. The summed E-state index contributed by atoms with van der Waals surface area (Å²) < 4.78 is 40.2. The second kappa shape index (κ2) is 8.51. The van der Waals surface area contributed by atoms with E-state index in [2.05, 4.69) is 34.4 Å². The molecular weight excluding hydrogens is 377 g/mol. The van der Waals surface area contributed by atoms with Gasteiger partial charge in [0.25, 0.3) is 0 Å². The number of alkyl halides is 3. The number of aryl methyl sites for hydroxylation is 1. The van der Waals surface area contributed by atoms with Gasteiger partial charge in [-0.25, -0.2) is 4.98 Å². The van der Waals surface area contributed by atoms with Crippen molar-refractivity contribution in [2.75, 3.05) is 10.6 Å². The van der Waals surface area contributed by atoms with Gasteiger partial charge in [-0.05, 0) is 47.7 Å². The van der Waals surface area contributed by atoms with E-state index in [-0.39, 0.29) is 11.8 Å². The summed E-state index contributed by atoms with van der Waals surface area (Å²) in [5, 5.41) is 5.73. The Balaban J connectivity index is 1.88. The average molecular weight is 400 g/mol. The fourth-order valence-electron chi connectivity index (χ4n) is 2.79. The molecule has 0 saturated heterocycles. The molecule has 1 heterocycles. The van der Waals surface area contributed by atoms with Crippen molar-refractivity contribution < 1.29 is 13.2 Å². The summed E-state index contributed by atoms with van der Waals surface area (Å²) in [6, 6.07) is 14.8. The van der Waals surface area contributed by atoms with Crippen molar-refractivity contribution >= 4 is 23.1 Å². The van der Waals surface area contributed by atoms with E-state index in [1.54, 1.807) is 12.1 Å². The largest absolute Gasteiger partial charge is 0.421 e. The lowest BCUT2D eigenvalue weighted by Crippen LogP contribution is -2.12. The average Bonchev–Trinajstić information content (AvgIpc) is 2.68. The minimum Gasteiger partial charge on any atom is -0.340 e. The third-order valence-corrected chi connectivity index (χ3v) is 4.55. The highest BCUT2D eigenvalue weighted by Crippen LogP contribution is 2.35. The third kappa shape index (κ3) is 5.25. The molecule has 4 nitrogen and oxygen atoms in total. The van der Waals surface area contributed by atoms with Crippen LogP contribution < -0.4 is 10.6 Å². The standard InChI is InChI=1S/C22H23F3N4/c1-4-15-5-9-17(10-6-15)27-20-19(22(23,24)25)13-26-21(29-20)28-18-11-7-16(8-12-18)14(2)3/h5-14H,4H2,1-3H3,(H2,26,27,28,29). The Morgan fingerprint density at radius 2 is 1.48 bits per heavy atom. The van der Waals surface area contributed by atoms with E-state index in [9.17, 15) is 13.2 Å². The fourth-order valence-corrected chi connectivity index (χ4v) is 2.79. The highest BCUT2D eigenvalue weighted by Gasteiger charge is 2.35. The van der Waals surface area contributed by atoms with Crippen LogP contribution in [0.1, 0.15) is 43.4 Å². The van der Waals surface area contributed by atoms with Crippen LogP contribution in [0.5, 0.6) is 0 Å². The molecule has 3 aromatic rings. The topological polar surface area (TPSA) is 49.8 Å².